The Balaban J connectivity index is 2.24. The van der Waals surface area contributed by atoms with Crippen molar-refractivity contribution in [3.63, 3.8) is 0 Å². The van der Waals surface area contributed by atoms with Gasteiger partial charge in [0.15, 0.2) is 0 Å². The average Bonchev–Trinajstić information content (AvgIpc) is 2.72. The van der Waals surface area contributed by atoms with Gasteiger partial charge in [-0.1, -0.05) is 6.07 Å². The van der Waals surface area contributed by atoms with Crippen LogP contribution in [0.25, 0.3) is 0 Å². The number of nitrogens with two attached hydrogens (primary N) is 1. The first kappa shape index (κ1) is 13.2. The van der Waals surface area contributed by atoms with Gasteiger partial charge in [-0.3, -0.25) is 4.68 Å². The molecule has 0 atom stereocenters. The van der Waals surface area contributed by atoms with Gasteiger partial charge >= 0.3 is 0 Å². The number of nitrogens with zero attached hydrogens (tertiary/aromatic N) is 2. The van der Waals surface area contributed by atoms with Gasteiger partial charge in [0.25, 0.3) is 0 Å². The fraction of sp³-hybridized carbons (Fsp3) is 0.100. The van der Waals surface area contributed by atoms with Crippen LogP contribution in [0.1, 0.15) is 5.56 Å². The van der Waals surface area contributed by atoms with Gasteiger partial charge in [0, 0.05) is 6.20 Å². The molecule has 0 bridgehead atoms. The Labute approximate surface area is 112 Å². The van der Waals surface area contributed by atoms with E-state index in [1.54, 1.807) is 12.1 Å². The number of hydrogen-bond acceptors (Lipinski definition) is 3. The van der Waals surface area contributed by atoms with Crippen molar-refractivity contribution in [2.45, 2.75) is 11.4 Å². The van der Waals surface area contributed by atoms with Crippen LogP contribution in [0.4, 0.5) is 4.39 Å². The van der Waals surface area contributed by atoms with Crippen molar-refractivity contribution in [3.8, 4) is 0 Å². The fourth-order valence-corrected chi connectivity index (χ4v) is 2.11. The van der Waals surface area contributed by atoms with Gasteiger partial charge in [-0.05, 0) is 33.6 Å². The molecule has 0 unspecified atom stereocenters. The number of aromatic nitrogens is 2. The zero-order chi connectivity index (χ0) is 13.3. The lowest BCUT2D eigenvalue weighted by Crippen LogP contribution is -2.11. The number of halogens is 2. The molecule has 0 aliphatic rings. The second-order valence-electron chi connectivity index (χ2n) is 3.67. The third-order valence-corrected chi connectivity index (χ3v) is 3.78. The van der Waals surface area contributed by atoms with Crippen molar-refractivity contribution in [3.05, 3.63) is 46.4 Å². The maximum absolute atomic E-state index is 13.3. The van der Waals surface area contributed by atoms with E-state index in [2.05, 4.69) is 21.0 Å². The van der Waals surface area contributed by atoms with Gasteiger partial charge in [0.2, 0.25) is 10.0 Å². The van der Waals surface area contributed by atoms with Crippen molar-refractivity contribution in [1.82, 2.24) is 9.78 Å². The van der Waals surface area contributed by atoms with E-state index in [-0.39, 0.29) is 17.3 Å². The largest absolute Gasteiger partial charge is 0.267 e. The van der Waals surface area contributed by atoms with Gasteiger partial charge in [-0.2, -0.15) is 5.10 Å². The van der Waals surface area contributed by atoms with Gasteiger partial charge < -0.3 is 0 Å². The predicted octanol–water partition coefficient (Wildman–Crippen LogP) is 1.48. The summed E-state index contributed by atoms with van der Waals surface area (Å²) in [7, 11) is -3.75. The van der Waals surface area contributed by atoms with E-state index < -0.39 is 10.0 Å². The molecule has 0 aliphatic carbocycles. The lowest BCUT2D eigenvalue weighted by atomic mass is 10.2. The minimum absolute atomic E-state index is 0.0694. The molecule has 1 aromatic carbocycles. The molecule has 0 radical (unpaired) electrons. The van der Waals surface area contributed by atoms with Crippen LogP contribution in [0.15, 0.2) is 40.0 Å². The van der Waals surface area contributed by atoms with E-state index in [9.17, 15) is 12.8 Å². The average molecular weight is 334 g/mol. The summed E-state index contributed by atoms with van der Waals surface area (Å²) in [5.74, 6) is -0.383. The summed E-state index contributed by atoms with van der Waals surface area (Å²) in [6.45, 7) is 0.264. The molecule has 0 aliphatic heterocycles. The SMILES string of the molecule is NS(=O)(=O)c1cnn(Cc2ccc(Br)c(F)c2)c1. The fourth-order valence-electron chi connectivity index (χ4n) is 1.40. The summed E-state index contributed by atoms with van der Waals surface area (Å²) < 4.78 is 37.1. The summed E-state index contributed by atoms with van der Waals surface area (Å²) in [4.78, 5) is -0.0694. The molecule has 96 valence electrons. The van der Waals surface area contributed by atoms with Crippen LogP contribution in [0.5, 0.6) is 0 Å². The Morgan fingerprint density at radius 3 is 2.72 bits per heavy atom. The van der Waals surface area contributed by atoms with Gasteiger partial charge in [-0.15, -0.1) is 0 Å². The molecular formula is C10H9BrFN3O2S. The van der Waals surface area contributed by atoms with Crippen molar-refractivity contribution in [2.24, 2.45) is 5.14 Å². The first-order valence-electron chi connectivity index (χ1n) is 4.85. The number of benzene rings is 1. The molecule has 2 aromatic rings. The van der Waals surface area contributed by atoms with Gasteiger partial charge in [0.05, 0.1) is 17.2 Å². The highest BCUT2D eigenvalue weighted by Gasteiger charge is 2.10. The second-order valence-corrected chi connectivity index (χ2v) is 6.08. The highest BCUT2D eigenvalue weighted by atomic mass is 79.9. The minimum Gasteiger partial charge on any atom is -0.267 e. The number of sulfonamides is 1. The lowest BCUT2D eigenvalue weighted by Gasteiger charge is -2.02. The van der Waals surface area contributed by atoms with Crippen molar-refractivity contribution in [1.29, 1.82) is 0 Å². The Hall–Kier alpha value is -1.25. The van der Waals surface area contributed by atoms with Crippen LogP contribution < -0.4 is 5.14 Å². The molecule has 18 heavy (non-hydrogen) atoms. The molecular weight excluding hydrogens is 325 g/mol. The first-order chi connectivity index (χ1) is 8.36. The summed E-state index contributed by atoms with van der Waals surface area (Å²) in [5.41, 5.74) is 0.666. The maximum Gasteiger partial charge on any atom is 0.241 e. The Morgan fingerprint density at radius 1 is 1.44 bits per heavy atom. The highest BCUT2D eigenvalue weighted by molar-refractivity contribution is 9.10. The molecule has 1 heterocycles. The second kappa shape index (κ2) is 4.79. The number of primary sulfonamides is 1. The number of rotatable bonds is 3. The molecule has 8 heteroatoms. The van der Waals surface area contributed by atoms with Gasteiger partial charge in [-0.25, -0.2) is 17.9 Å². The maximum atomic E-state index is 13.3. The van der Waals surface area contributed by atoms with Crippen LogP contribution in [-0.2, 0) is 16.6 Å². The summed E-state index contributed by atoms with van der Waals surface area (Å²) in [6, 6.07) is 4.64. The van der Waals surface area contributed by atoms with Gasteiger partial charge in [0.1, 0.15) is 10.7 Å². The van der Waals surface area contributed by atoms with E-state index in [1.165, 1.54) is 16.9 Å². The van der Waals surface area contributed by atoms with E-state index in [4.69, 9.17) is 5.14 Å². The van der Waals surface area contributed by atoms with Crippen LogP contribution in [0.2, 0.25) is 0 Å². The molecule has 0 spiro atoms. The van der Waals surface area contributed by atoms with Crippen LogP contribution in [-0.4, -0.2) is 18.2 Å². The van der Waals surface area contributed by atoms with Crippen molar-refractivity contribution >= 4 is 26.0 Å². The molecule has 2 rings (SSSR count). The van der Waals surface area contributed by atoms with Crippen LogP contribution >= 0.6 is 15.9 Å². The molecule has 1 aromatic heterocycles. The van der Waals surface area contributed by atoms with Crippen molar-refractivity contribution < 1.29 is 12.8 Å². The lowest BCUT2D eigenvalue weighted by molar-refractivity contribution is 0.597. The molecule has 0 amide bonds. The quantitative estimate of drug-likeness (QED) is 0.924. The van der Waals surface area contributed by atoms with Crippen LogP contribution in [0, 0.1) is 5.82 Å². The Kier molecular flexibility index (Phi) is 3.51. The third kappa shape index (κ3) is 2.95. The topological polar surface area (TPSA) is 78.0 Å². The molecule has 0 saturated heterocycles. The van der Waals surface area contributed by atoms with E-state index in [0.717, 1.165) is 6.20 Å². The number of hydrogen-bond donors (Lipinski definition) is 1. The minimum atomic E-state index is -3.75. The normalized spacial score (nSPS) is 11.7. The Morgan fingerprint density at radius 2 is 2.17 bits per heavy atom. The zero-order valence-corrected chi connectivity index (χ0v) is 11.4. The standard InChI is InChI=1S/C10H9BrFN3O2S/c11-9-2-1-7(3-10(9)12)5-15-6-8(4-14-15)18(13,16)17/h1-4,6H,5H2,(H2,13,16,17). The first-order valence-corrected chi connectivity index (χ1v) is 7.19. The van der Waals surface area contributed by atoms with E-state index >= 15 is 0 Å². The third-order valence-electron chi connectivity index (χ3n) is 2.27. The van der Waals surface area contributed by atoms with Crippen molar-refractivity contribution in [2.75, 3.05) is 0 Å². The molecule has 0 saturated carbocycles. The molecule has 2 N–H and O–H groups in total. The monoisotopic (exact) mass is 333 g/mol. The van der Waals surface area contributed by atoms with E-state index in [0.29, 0.717) is 10.0 Å². The molecule has 5 nitrogen and oxygen atoms in total. The molecule has 0 fully saturated rings. The zero-order valence-electron chi connectivity index (χ0n) is 9.05. The summed E-state index contributed by atoms with van der Waals surface area (Å²) in [5, 5.41) is 8.81. The summed E-state index contributed by atoms with van der Waals surface area (Å²) in [6.07, 6.45) is 2.46. The summed E-state index contributed by atoms with van der Waals surface area (Å²) >= 11 is 3.05. The van der Waals surface area contributed by atoms with Crippen LogP contribution in [0.3, 0.4) is 0 Å². The highest BCUT2D eigenvalue weighted by Crippen LogP contribution is 2.17. The Bertz CT molecular complexity index is 684. The van der Waals surface area contributed by atoms with E-state index in [1.807, 2.05) is 0 Å². The predicted molar refractivity (Wildman–Crippen MR) is 66.8 cm³/mol. The smallest absolute Gasteiger partial charge is 0.241 e.